The molecule has 0 fully saturated rings. The van der Waals surface area contributed by atoms with E-state index in [1.807, 2.05) is 0 Å². The summed E-state index contributed by atoms with van der Waals surface area (Å²) in [6, 6.07) is 0. The molecule has 0 saturated carbocycles. The van der Waals surface area contributed by atoms with Gasteiger partial charge in [-0.15, -0.1) is 0 Å². The summed E-state index contributed by atoms with van der Waals surface area (Å²) in [5, 5.41) is 16.2. The third-order valence-electron chi connectivity index (χ3n) is 2.16. The van der Waals surface area contributed by atoms with Crippen LogP contribution in [0.2, 0.25) is 0 Å². The fraction of sp³-hybridized carbons (Fsp3) is 1.00. The Labute approximate surface area is 98.2 Å². The predicted octanol–water partition coefficient (Wildman–Crippen LogP) is 2.49. The monoisotopic (exact) mass is 312 g/mol. The zero-order valence-corrected chi connectivity index (χ0v) is 8.75. The van der Waals surface area contributed by atoms with E-state index in [0.717, 1.165) is 0 Å². The minimum atomic E-state index is -7.17. The molecule has 0 aliphatic heterocycles. The highest BCUT2D eigenvalue weighted by atomic mass is 19.4. The molecule has 0 aliphatic rings. The smallest absolute Gasteiger partial charge is 0.355 e. The number of aliphatic hydroxyl groups is 2. The Morgan fingerprint density at radius 3 is 1.26 bits per heavy atom. The van der Waals surface area contributed by atoms with E-state index in [0.29, 0.717) is 0 Å². The van der Waals surface area contributed by atoms with Crippen molar-refractivity contribution in [3.63, 3.8) is 0 Å². The topological polar surface area (TPSA) is 40.5 Å². The van der Waals surface area contributed by atoms with Gasteiger partial charge in [0, 0.05) is 0 Å². The van der Waals surface area contributed by atoms with Gasteiger partial charge in [0.25, 0.3) is 0 Å². The van der Waals surface area contributed by atoms with Crippen molar-refractivity contribution in [3.05, 3.63) is 0 Å². The Balaban J connectivity index is 5.92. The van der Waals surface area contributed by atoms with Gasteiger partial charge in [-0.3, -0.25) is 0 Å². The van der Waals surface area contributed by atoms with Crippen molar-refractivity contribution < 1.29 is 54.1 Å². The fourth-order valence-corrected chi connectivity index (χ4v) is 0.867. The normalized spacial score (nSPS) is 22.6. The van der Waals surface area contributed by atoms with Crippen molar-refractivity contribution in [3.8, 4) is 0 Å². The molecular formula is C7H6F10O2. The first kappa shape index (κ1) is 18.2. The lowest BCUT2D eigenvalue weighted by Crippen LogP contribution is -2.71. The first-order chi connectivity index (χ1) is 7.94. The maximum Gasteiger partial charge on any atom is 0.459 e. The van der Waals surface area contributed by atoms with Crippen LogP contribution in [-0.4, -0.2) is 46.1 Å². The second-order valence-corrected chi connectivity index (χ2v) is 3.56. The molecule has 0 heterocycles. The molecule has 2 N–H and O–H groups in total. The van der Waals surface area contributed by atoms with Crippen LogP contribution in [0.15, 0.2) is 0 Å². The predicted molar refractivity (Wildman–Crippen MR) is 38.6 cm³/mol. The molecule has 0 aromatic rings. The molecule has 0 saturated heterocycles. The molecule has 0 amide bonds. The van der Waals surface area contributed by atoms with Gasteiger partial charge in [-0.2, -0.15) is 35.1 Å². The SMILES string of the molecule is CC(F)C(O)(F)C(F)(F)C(O)(F)C(F)(F)C(F)(F)F. The fourth-order valence-electron chi connectivity index (χ4n) is 0.867. The van der Waals surface area contributed by atoms with Crippen LogP contribution >= 0.6 is 0 Å². The molecule has 0 aromatic carbocycles. The minimum absolute atomic E-state index is 0.213. The van der Waals surface area contributed by atoms with Gasteiger partial charge in [-0.05, 0) is 6.92 Å². The minimum Gasteiger partial charge on any atom is -0.355 e. The molecule has 3 atom stereocenters. The van der Waals surface area contributed by atoms with Crippen LogP contribution in [0.1, 0.15) is 6.92 Å². The summed E-state index contributed by atoms with van der Waals surface area (Å²) < 4.78 is 123. The van der Waals surface area contributed by atoms with Crippen molar-refractivity contribution in [2.24, 2.45) is 0 Å². The van der Waals surface area contributed by atoms with Crippen LogP contribution < -0.4 is 0 Å². The number of halogens is 10. The quantitative estimate of drug-likeness (QED) is 0.783. The summed E-state index contributed by atoms with van der Waals surface area (Å²) in [4.78, 5) is 0. The van der Waals surface area contributed by atoms with Gasteiger partial charge < -0.3 is 10.2 Å². The van der Waals surface area contributed by atoms with Gasteiger partial charge in [0.15, 0.2) is 6.17 Å². The van der Waals surface area contributed by atoms with Gasteiger partial charge in [-0.25, -0.2) is 8.78 Å². The highest BCUT2D eigenvalue weighted by Crippen LogP contribution is 2.54. The lowest BCUT2D eigenvalue weighted by Gasteiger charge is -2.40. The van der Waals surface area contributed by atoms with E-state index in [2.05, 4.69) is 0 Å². The highest BCUT2D eigenvalue weighted by Gasteiger charge is 2.85. The van der Waals surface area contributed by atoms with Crippen LogP contribution in [0, 0.1) is 0 Å². The van der Waals surface area contributed by atoms with E-state index < -0.39 is 35.9 Å². The largest absolute Gasteiger partial charge is 0.459 e. The van der Waals surface area contributed by atoms with Crippen LogP contribution in [0.4, 0.5) is 43.9 Å². The van der Waals surface area contributed by atoms with E-state index in [4.69, 9.17) is 10.2 Å². The lowest BCUT2D eigenvalue weighted by atomic mass is 9.93. The summed E-state index contributed by atoms with van der Waals surface area (Å²) in [5.74, 6) is -26.7. The summed E-state index contributed by atoms with van der Waals surface area (Å²) in [7, 11) is 0. The molecule has 0 radical (unpaired) electrons. The van der Waals surface area contributed by atoms with Gasteiger partial charge in [0.05, 0.1) is 0 Å². The average molecular weight is 312 g/mol. The van der Waals surface area contributed by atoms with E-state index in [-0.39, 0.29) is 6.92 Å². The van der Waals surface area contributed by atoms with E-state index >= 15 is 0 Å². The van der Waals surface area contributed by atoms with E-state index in [1.54, 1.807) is 0 Å². The van der Waals surface area contributed by atoms with Crippen molar-refractivity contribution in [2.45, 2.75) is 42.8 Å². The maximum absolute atomic E-state index is 12.8. The maximum atomic E-state index is 12.8. The molecule has 3 unspecified atom stereocenters. The number of hydrogen-bond acceptors (Lipinski definition) is 2. The number of hydrogen-bond donors (Lipinski definition) is 2. The molecule has 0 aromatic heterocycles. The third kappa shape index (κ3) is 2.35. The van der Waals surface area contributed by atoms with Crippen molar-refractivity contribution in [2.75, 3.05) is 0 Å². The van der Waals surface area contributed by atoms with Gasteiger partial charge in [-0.1, -0.05) is 0 Å². The summed E-state index contributed by atoms with van der Waals surface area (Å²) in [5.41, 5.74) is 0. The molecular weight excluding hydrogens is 306 g/mol. The Morgan fingerprint density at radius 1 is 0.737 bits per heavy atom. The lowest BCUT2D eigenvalue weighted by molar-refractivity contribution is -0.454. The zero-order chi connectivity index (χ0) is 16.1. The first-order valence-electron chi connectivity index (χ1n) is 4.23. The Hall–Kier alpha value is -0.780. The third-order valence-corrected chi connectivity index (χ3v) is 2.16. The van der Waals surface area contributed by atoms with Crippen molar-refractivity contribution >= 4 is 0 Å². The van der Waals surface area contributed by atoms with Crippen LogP contribution in [0.25, 0.3) is 0 Å². The van der Waals surface area contributed by atoms with Crippen LogP contribution in [0.5, 0.6) is 0 Å². The Kier molecular flexibility index (Phi) is 4.18. The second-order valence-electron chi connectivity index (χ2n) is 3.56. The molecule has 19 heavy (non-hydrogen) atoms. The van der Waals surface area contributed by atoms with E-state index in [9.17, 15) is 43.9 Å². The summed E-state index contributed by atoms with van der Waals surface area (Å²) in [6.45, 7) is -0.213. The van der Waals surface area contributed by atoms with Gasteiger partial charge >= 0.3 is 29.7 Å². The first-order valence-corrected chi connectivity index (χ1v) is 4.23. The Bertz CT molecular complexity index is 331. The molecule has 2 nitrogen and oxygen atoms in total. The number of alkyl halides is 10. The van der Waals surface area contributed by atoms with Gasteiger partial charge in [0.2, 0.25) is 0 Å². The van der Waals surface area contributed by atoms with E-state index in [1.165, 1.54) is 0 Å². The van der Waals surface area contributed by atoms with Crippen molar-refractivity contribution in [1.29, 1.82) is 0 Å². The average Bonchev–Trinajstić information content (AvgIpc) is 2.14. The Morgan fingerprint density at radius 2 is 1.05 bits per heavy atom. The molecule has 12 heteroatoms. The number of rotatable bonds is 4. The second kappa shape index (κ2) is 4.36. The standard InChI is InChI=1S/C7H6F10O2/c1-2(8)3(9,18)4(10,11)6(14,19)5(12,13)7(15,16)17/h2,18-19H,1H3. The van der Waals surface area contributed by atoms with Crippen molar-refractivity contribution in [1.82, 2.24) is 0 Å². The molecule has 0 bridgehead atoms. The summed E-state index contributed by atoms with van der Waals surface area (Å²) in [6.07, 6.45) is -10.8. The molecule has 0 spiro atoms. The summed E-state index contributed by atoms with van der Waals surface area (Å²) >= 11 is 0. The molecule has 0 aliphatic carbocycles. The highest BCUT2D eigenvalue weighted by molar-refractivity contribution is 5.06. The van der Waals surface area contributed by atoms with Crippen LogP contribution in [0.3, 0.4) is 0 Å². The van der Waals surface area contributed by atoms with Crippen LogP contribution in [-0.2, 0) is 0 Å². The molecule has 116 valence electrons. The zero-order valence-electron chi connectivity index (χ0n) is 8.75. The van der Waals surface area contributed by atoms with Gasteiger partial charge in [0.1, 0.15) is 0 Å². The molecule has 0 rings (SSSR count).